The van der Waals surface area contributed by atoms with E-state index in [2.05, 4.69) is 40.6 Å². The molecule has 1 saturated heterocycles. The molecule has 0 spiro atoms. The van der Waals surface area contributed by atoms with Gasteiger partial charge < -0.3 is 30.3 Å². The van der Waals surface area contributed by atoms with Crippen LogP contribution in [0.1, 0.15) is 37.4 Å². The molecule has 2 aromatic heterocycles. The van der Waals surface area contributed by atoms with Crippen LogP contribution in [0.2, 0.25) is 0 Å². The second kappa shape index (κ2) is 11.8. The Labute approximate surface area is 198 Å². The monoisotopic (exact) mass is 472 g/mol. The highest BCUT2D eigenvalue weighted by molar-refractivity contribution is 5.89. The predicted octanol–water partition coefficient (Wildman–Crippen LogP) is 1.23. The number of hydrogen-bond donors (Lipinski definition) is 3. The Hall–Kier alpha value is -3.12. The summed E-state index contributed by atoms with van der Waals surface area (Å²) >= 11 is 0. The third-order valence-electron chi connectivity index (χ3n) is 5.73. The molecule has 1 aromatic carbocycles. The van der Waals surface area contributed by atoms with Gasteiger partial charge >= 0.3 is 5.97 Å². The molecule has 0 aliphatic carbocycles. The molecule has 3 heterocycles. The number of aliphatic hydroxyl groups excluding tert-OH is 2. The molecule has 1 aliphatic heterocycles. The first kappa shape index (κ1) is 25.5. The van der Waals surface area contributed by atoms with Crippen molar-refractivity contribution >= 4 is 23.0 Å². The molecule has 0 amide bonds. The number of anilines is 1. The quantitative estimate of drug-likeness (QED) is 0.429. The molecule has 3 aromatic rings. The van der Waals surface area contributed by atoms with Crippen LogP contribution in [-0.2, 0) is 9.47 Å². The van der Waals surface area contributed by atoms with Gasteiger partial charge in [-0.05, 0) is 31.8 Å². The first-order chi connectivity index (χ1) is 16.4. The Morgan fingerprint density at radius 3 is 2.38 bits per heavy atom. The fourth-order valence-corrected chi connectivity index (χ4v) is 3.64. The fraction of sp³-hybridized carbons (Fsp3) is 0.478. The van der Waals surface area contributed by atoms with Crippen molar-refractivity contribution in [1.82, 2.24) is 24.4 Å². The van der Waals surface area contributed by atoms with Crippen molar-refractivity contribution in [2.75, 3.05) is 32.0 Å². The number of nitrogens with two attached hydrogens (primary N) is 1. The molecule has 0 unspecified atom stereocenters. The Morgan fingerprint density at radius 1 is 1.09 bits per heavy atom. The number of nitrogen functional groups attached to an aromatic ring is 1. The zero-order valence-electron chi connectivity index (χ0n) is 19.6. The fourth-order valence-electron chi connectivity index (χ4n) is 3.64. The van der Waals surface area contributed by atoms with Crippen molar-refractivity contribution in [1.29, 1.82) is 0 Å². The van der Waals surface area contributed by atoms with E-state index in [4.69, 9.17) is 15.2 Å². The maximum Gasteiger partial charge on any atom is 0.338 e. The molecule has 184 valence electrons. The summed E-state index contributed by atoms with van der Waals surface area (Å²) < 4.78 is 12.4. The SMILES string of the molecule is CCN(CC)CC.Nc1ncnc2c1ncn2[C@@H]1O[C@H](COC(=O)c2ccccc2)[C@@H](O)[C@H]1O. The zero-order chi connectivity index (χ0) is 24.7. The lowest BCUT2D eigenvalue weighted by molar-refractivity contribution is -0.0565. The standard InChI is InChI=1S/C17H17N5O5.C6H15N/c18-14-11-15(20-7-19-14)22(8-21-11)16-13(24)12(23)10(27-16)6-26-17(25)9-4-2-1-3-5-9;1-4-7(5-2)6-3/h1-5,7-8,10,12-13,16,23-24H,6H2,(H2,18,19,20);4-6H2,1-3H3/t10-,12-,13-,16-;/m1./s1. The summed E-state index contributed by atoms with van der Waals surface area (Å²) in [5, 5.41) is 20.7. The molecule has 1 fully saturated rings. The highest BCUT2D eigenvalue weighted by Gasteiger charge is 2.45. The van der Waals surface area contributed by atoms with Crippen LogP contribution in [-0.4, -0.2) is 85.2 Å². The molecular weight excluding hydrogens is 440 g/mol. The van der Waals surface area contributed by atoms with Gasteiger partial charge in [-0.1, -0.05) is 39.0 Å². The third kappa shape index (κ3) is 5.68. The molecule has 34 heavy (non-hydrogen) atoms. The van der Waals surface area contributed by atoms with E-state index in [0.29, 0.717) is 16.7 Å². The van der Waals surface area contributed by atoms with E-state index < -0.39 is 30.5 Å². The van der Waals surface area contributed by atoms with Crippen LogP contribution in [0.3, 0.4) is 0 Å². The van der Waals surface area contributed by atoms with Crippen molar-refractivity contribution in [3.8, 4) is 0 Å². The van der Waals surface area contributed by atoms with Crippen LogP contribution in [0.25, 0.3) is 11.2 Å². The number of hydrogen-bond acceptors (Lipinski definition) is 10. The van der Waals surface area contributed by atoms with Gasteiger partial charge in [0.25, 0.3) is 0 Å². The Balaban J connectivity index is 0.000000406. The molecule has 0 radical (unpaired) electrons. The Kier molecular flexibility index (Phi) is 8.88. The number of rotatable bonds is 7. The van der Waals surface area contributed by atoms with Crippen molar-refractivity contribution in [3.05, 3.63) is 48.5 Å². The van der Waals surface area contributed by atoms with Gasteiger partial charge in [0.2, 0.25) is 0 Å². The summed E-state index contributed by atoms with van der Waals surface area (Å²) in [5.74, 6) is -0.349. The van der Waals surface area contributed by atoms with E-state index in [9.17, 15) is 15.0 Å². The largest absolute Gasteiger partial charge is 0.459 e. The summed E-state index contributed by atoms with van der Waals surface area (Å²) in [6.07, 6.45) is -1.72. The number of aromatic nitrogens is 4. The lowest BCUT2D eigenvalue weighted by atomic mass is 10.1. The number of esters is 1. The Morgan fingerprint density at radius 2 is 1.76 bits per heavy atom. The molecule has 11 nitrogen and oxygen atoms in total. The normalized spacial score (nSPS) is 21.9. The molecule has 0 bridgehead atoms. The van der Waals surface area contributed by atoms with Crippen LogP contribution in [0.15, 0.2) is 43.0 Å². The van der Waals surface area contributed by atoms with Gasteiger partial charge in [0.05, 0.1) is 11.9 Å². The minimum atomic E-state index is -1.26. The Bertz CT molecular complexity index is 1050. The second-order valence-corrected chi connectivity index (χ2v) is 7.71. The number of imidazole rings is 1. The van der Waals surface area contributed by atoms with Gasteiger partial charge in [0.15, 0.2) is 17.7 Å². The number of aliphatic hydroxyl groups is 2. The lowest BCUT2D eigenvalue weighted by Crippen LogP contribution is -2.34. The van der Waals surface area contributed by atoms with Gasteiger partial charge in [0.1, 0.15) is 36.8 Å². The number of fused-ring (bicyclic) bond motifs is 1. The third-order valence-corrected chi connectivity index (χ3v) is 5.73. The smallest absolute Gasteiger partial charge is 0.338 e. The number of carbonyl (C=O) groups is 1. The first-order valence-electron chi connectivity index (χ1n) is 11.3. The maximum atomic E-state index is 12.0. The van der Waals surface area contributed by atoms with Crippen molar-refractivity contribution in [3.63, 3.8) is 0 Å². The number of ether oxygens (including phenoxy) is 2. The molecule has 4 atom stereocenters. The van der Waals surface area contributed by atoms with E-state index in [1.807, 2.05) is 0 Å². The second-order valence-electron chi connectivity index (χ2n) is 7.71. The van der Waals surface area contributed by atoms with Crippen LogP contribution < -0.4 is 5.73 Å². The summed E-state index contributed by atoms with van der Waals surface area (Å²) in [5.41, 5.74) is 6.87. The average molecular weight is 473 g/mol. The minimum absolute atomic E-state index is 0.195. The molecule has 11 heteroatoms. The van der Waals surface area contributed by atoms with Gasteiger partial charge in [0, 0.05) is 0 Å². The number of carbonyl (C=O) groups excluding carboxylic acids is 1. The van der Waals surface area contributed by atoms with Crippen LogP contribution in [0.5, 0.6) is 0 Å². The lowest BCUT2D eigenvalue weighted by Gasteiger charge is -2.16. The van der Waals surface area contributed by atoms with E-state index in [1.165, 1.54) is 36.9 Å². The highest BCUT2D eigenvalue weighted by atomic mass is 16.6. The predicted molar refractivity (Wildman–Crippen MR) is 126 cm³/mol. The molecule has 4 rings (SSSR count). The van der Waals surface area contributed by atoms with Gasteiger partial charge in [-0.2, -0.15) is 0 Å². The van der Waals surface area contributed by atoms with Crippen molar-refractivity contribution in [2.24, 2.45) is 0 Å². The van der Waals surface area contributed by atoms with E-state index >= 15 is 0 Å². The van der Waals surface area contributed by atoms with Gasteiger partial charge in [-0.25, -0.2) is 19.7 Å². The van der Waals surface area contributed by atoms with Crippen molar-refractivity contribution < 1.29 is 24.5 Å². The van der Waals surface area contributed by atoms with E-state index in [0.717, 1.165) is 0 Å². The summed E-state index contributed by atoms with van der Waals surface area (Å²) in [7, 11) is 0. The van der Waals surface area contributed by atoms with Crippen LogP contribution >= 0.6 is 0 Å². The molecule has 0 saturated carbocycles. The summed E-state index contributed by atoms with van der Waals surface area (Å²) in [4.78, 5) is 26.5. The zero-order valence-corrected chi connectivity index (χ0v) is 19.6. The summed E-state index contributed by atoms with van der Waals surface area (Å²) in [6.45, 7) is 9.91. The molecule has 1 aliphatic rings. The minimum Gasteiger partial charge on any atom is -0.459 e. The van der Waals surface area contributed by atoms with Gasteiger partial charge in [-0.15, -0.1) is 0 Å². The van der Waals surface area contributed by atoms with Crippen LogP contribution in [0, 0.1) is 0 Å². The highest BCUT2D eigenvalue weighted by Crippen LogP contribution is 2.32. The first-order valence-corrected chi connectivity index (χ1v) is 11.3. The molecule has 4 N–H and O–H groups in total. The van der Waals surface area contributed by atoms with Gasteiger partial charge in [-0.3, -0.25) is 4.57 Å². The average Bonchev–Trinajstić information content (AvgIpc) is 3.41. The van der Waals surface area contributed by atoms with Crippen LogP contribution in [0.4, 0.5) is 5.82 Å². The topological polar surface area (TPSA) is 149 Å². The molecular formula is C23H32N6O5. The van der Waals surface area contributed by atoms with E-state index in [1.54, 1.807) is 30.3 Å². The number of nitrogens with zero attached hydrogens (tertiary/aromatic N) is 5. The maximum absolute atomic E-state index is 12.0. The number of benzene rings is 1. The van der Waals surface area contributed by atoms with E-state index in [-0.39, 0.29) is 12.4 Å². The summed E-state index contributed by atoms with van der Waals surface area (Å²) in [6, 6.07) is 8.46. The van der Waals surface area contributed by atoms with Crippen molar-refractivity contribution in [2.45, 2.75) is 45.3 Å².